The first-order chi connectivity index (χ1) is 9.69. The summed E-state index contributed by atoms with van der Waals surface area (Å²) in [6.07, 6.45) is 0.250. The van der Waals surface area contributed by atoms with Crippen LogP contribution in [0, 0.1) is 0 Å². The Balaban J connectivity index is 2.17. The molecular formula is C13H21N3O4. The van der Waals surface area contributed by atoms with E-state index in [9.17, 15) is 5.11 Å². The van der Waals surface area contributed by atoms with Crippen molar-refractivity contribution in [3.8, 4) is 11.8 Å². The van der Waals surface area contributed by atoms with Gasteiger partial charge in [0.25, 0.3) is 0 Å². The smallest absolute Gasteiger partial charge is 0.241 e. The van der Waals surface area contributed by atoms with E-state index in [1.165, 1.54) is 20.4 Å². The molecule has 7 nitrogen and oxygen atoms in total. The highest BCUT2D eigenvalue weighted by Gasteiger charge is 2.31. The molecule has 0 amide bonds. The van der Waals surface area contributed by atoms with Gasteiger partial charge in [-0.3, -0.25) is 4.90 Å². The fourth-order valence-corrected chi connectivity index (χ4v) is 2.20. The molecule has 1 aliphatic rings. The van der Waals surface area contributed by atoms with Crippen LogP contribution in [0.1, 0.15) is 18.7 Å². The van der Waals surface area contributed by atoms with E-state index in [1.807, 2.05) is 0 Å². The Labute approximate surface area is 118 Å². The van der Waals surface area contributed by atoms with Crippen molar-refractivity contribution in [3.05, 3.63) is 11.9 Å². The quantitative estimate of drug-likeness (QED) is 0.830. The highest BCUT2D eigenvalue weighted by Crippen LogP contribution is 2.28. The number of methoxy groups -OCH3 is 2. The topological polar surface area (TPSA) is 76.9 Å². The molecule has 0 radical (unpaired) electrons. The molecule has 1 aromatic heterocycles. The molecule has 1 aromatic rings. The molecule has 1 N–H and O–H groups in total. The van der Waals surface area contributed by atoms with Crippen LogP contribution in [0.2, 0.25) is 0 Å². The first kappa shape index (κ1) is 15.0. The van der Waals surface area contributed by atoms with Gasteiger partial charge in [-0.25, -0.2) is 4.98 Å². The second-order valence-corrected chi connectivity index (χ2v) is 4.55. The van der Waals surface area contributed by atoms with Crippen LogP contribution in [0.4, 0.5) is 0 Å². The largest absolute Gasteiger partial charge is 0.480 e. The lowest BCUT2D eigenvalue weighted by Crippen LogP contribution is -2.45. The number of morpholine rings is 1. The number of aromatic nitrogens is 2. The van der Waals surface area contributed by atoms with E-state index in [0.717, 1.165) is 13.1 Å². The number of aliphatic hydroxyl groups excluding tert-OH is 1. The Hall–Kier alpha value is -1.44. The van der Waals surface area contributed by atoms with E-state index in [2.05, 4.69) is 21.8 Å². The summed E-state index contributed by atoms with van der Waals surface area (Å²) < 4.78 is 15.8. The highest BCUT2D eigenvalue weighted by molar-refractivity contribution is 5.25. The summed E-state index contributed by atoms with van der Waals surface area (Å²) in [5.41, 5.74) is 0.372. The second-order valence-electron chi connectivity index (χ2n) is 4.55. The Kier molecular flexibility index (Phi) is 5.11. The molecule has 112 valence electrons. The summed E-state index contributed by atoms with van der Waals surface area (Å²) in [5.74, 6) is 0.603. The van der Waals surface area contributed by atoms with Crippen molar-refractivity contribution in [2.45, 2.75) is 19.1 Å². The number of hydrogen-bond donors (Lipinski definition) is 1. The van der Waals surface area contributed by atoms with Gasteiger partial charge < -0.3 is 19.3 Å². The Morgan fingerprint density at radius 3 is 2.95 bits per heavy atom. The highest BCUT2D eigenvalue weighted by atomic mass is 16.5. The molecule has 20 heavy (non-hydrogen) atoms. The van der Waals surface area contributed by atoms with E-state index in [4.69, 9.17) is 14.2 Å². The standard InChI is InChI=1S/C13H21N3O4/c1-4-16-5-6-20-9(8-16)12(17)11-13(19-3)15-10(18-2)7-14-11/h7,9,12,17H,4-6,8H2,1-3H3. The zero-order valence-electron chi connectivity index (χ0n) is 12.1. The fraction of sp³-hybridized carbons (Fsp3) is 0.692. The van der Waals surface area contributed by atoms with Crippen LogP contribution >= 0.6 is 0 Å². The molecule has 2 unspecified atom stereocenters. The van der Waals surface area contributed by atoms with Crippen LogP contribution in [0.3, 0.4) is 0 Å². The van der Waals surface area contributed by atoms with Crippen LogP contribution in [-0.4, -0.2) is 66.5 Å². The molecule has 1 fully saturated rings. The minimum Gasteiger partial charge on any atom is -0.480 e. The molecule has 1 saturated heterocycles. The van der Waals surface area contributed by atoms with E-state index in [1.54, 1.807) is 0 Å². The normalized spacial score (nSPS) is 21.5. The number of hydrogen-bond acceptors (Lipinski definition) is 7. The number of likely N-dealkylation sites (N-methyl/N-ethyl adjacent to an activating group) is 1. The summed E-state index contributed by atoms with van der Waals surface area (Å²) in [6, 6.07) is 0. The van der Waals surface area contributed by atoms with E-state index in [-0.39, 0.29) is 12.0 Å². The molecular weight excluding hydrogens is 262 g/mol. The van der Waals surface area contributed by atoms with Crippen molar-refractivity contribution < 1.29 is 19.3 Å². The average Bonchev–Trinajstić information content (AvgIpc) is 2.53. The average molecular weight is 283 g/mol. The zero-order chi connectivity index (χ0) is 14.5. The van der Waals surface area contributed by atoms with Gasteiger partial charge >= 0.3 is 0 Å². The number of rotatable bonds is 5. The molecule has 7 heteroatoms. The first-order valence-electron chi connectivity index (χ1n) is 6.66. The van der Waals surface area contributed by atoms with Crippen molar-refractivity contribution in [1.82, 2.24) is 14.9 Å². The maximum Gasteiger partial charge on any atom is 0.241 e. The third-order valence-corrected chi connectivity index (χ3v) is 3.40. The van der Waals surface area contributed by atoms with Crippen molar-refractivity contribution >= 4 is 0 Å². The summed E-state index contributed by atoms with van der Waals surface area (Å²) in [6.45, 7) is 5.15. The predicted molar refractivity (Wildman–Crippen MR) is 71.9 cm³/mol. The van der Waals surface area contributed by atoms with Gasteiger partial charge in [-0.2, -0.15) is 4.98 Å². The van der Waals surface area contributed by atoms with E-state index >= 15 is 0 Å². The van der Waals surface area contributed by atoms with Crippen LogP contribution in [0.15, 0.2) is 6.20 Å². The molecule has 0 aromatic carbocycles. The van der Waals surface area contributed by atoms with Crippen molar-refractivity contribution in [3.63, 3.8) is 0 Å². The van der Waals surface area contributed by atoms with Crippen LogP contribution in [0.5, 0.6) is 11.8 Å². The fourth-order valence-electron chi connectivity index (χ4n) is 2.20. The van der Waals surface area contributed by atoms with Gasteiger partial charge in [0.1, 0.15) is 17.9 Å². The summed E-state index contributed by atoms with van der Waals surface area (Å²) in [5, 5.41) is 10.5. The minimum atomic E-state index is -0.877. The molecule has 2 atom stereocenters. The third-order valence-electron chi connectivity index (χ3n) is 3.40. The molecule has 0 bridgehead atoms. The lowest BCUT2D eigenvalue weighted by molar-refractivity contribution is -0.0907. The molecule has 0 aliphatic carbocycles. The molecule has 2 rings (SSSR count). The van der Waals surface area contributed by atoms with E-state index < -0.39 is 6.10 Å². The summed E-state index contributed by atoms with van der Waals surface area (Å²) >= 11 is 0. The number of aliphatic hydroxyl groups is 1. The van der Waals surface area contributed by atoms with Gasteiger partial charge in [-0.1, -0.05) is 6.92 Å². The summed E-state index contributed by atoms with van der Waals surface area (Å²) in [7, 11) is 2.99. The lowest BCUT2D eigenvalue weighted by Gasteiger charge is -2.34. The van der Waals surface area contributed by atoms with Crippen molar-refractivity contribution in [2.75, 3.05) is 40.5 Å². The van der Waals surface area contributed by atoms with Crippen LogP contribution in [0.25, 0.3) is 0 Å². The number of ether oxygens (including phenoxy) is 3. The zero-order valence-corrected chi connectivity index (χ0v) is 12.1. The second kappa shape index (κ2) is 6.83. The summed E-state index contributed by atoms with van der Waals surface area (Å²) in [4.78, 5) is 10.5. The monoisotopic (exact) mass is 283 g/mol. The van der Waals surface area contributed by atoms with Gasteiger partial charge in [0.2, 0.25) is 11.8 Å². The van der Waals surface area contributed by atoms with Crippen molar-refractivity contribution in [2.24, 2.45) is 0 Å². The molecule has 1 aliphatic heterocycles. The van der Waals surface area contributed by atoms with Gasteiger partial charge in [0.15, 0.2) is 0 Å². The number of nitrogens with zero attached hydrogens (tertiary/aromatic N) is 3. The maximum absolute atomic E-state index is 10.5. The predicted octanol–water partition coefficient (Wildman–Crippen LogP) is 0.248. The SMILES string of the molecule is CCN1CCOC(C(O)c2ncc(OC)nc2OC)C1. The van der Waals surface area contributed by atoms with Crippen LogP contribution < -0.4 is 9.47 Å². The van der Waals surface area contributed by atoms with Crippen molar-refractivity contribution in [1.29, 1.82) is 0 Å². The Morgan fingerprint density at radius 1 is 1.50 bits per heavy atom. The molecule has 0 spiro atoms. The van der Waals surface area contributed by atoms with Crippen LogP contribution in [-0.2, 0) is 4.74 Å². The molecule has 2 heterocycles. The first-order valence-corrected chi connectivity index (χ1v) is 6.66. The minimum absolute atomic E-state index is 0.258. The third kappa shape index (κ3) is 3.17. The van der Waals surface area contributed by atoms with Gasteiger partial charge in [0, 0.05) is 13.1 Å². The lowest BCUT2D eigenvalue weighted by atomic mass is 10.1. The van der Waals surface area contributed by atoms with Gasteiger partial charge in [-0.05, 0) is 6.54 Å². The van der Waals surface area contributed by atoms with Gasteiger partial charge in [-0.15, -0.1) is 0 Å². The Morgan fingerprint density at radius 2 is 2.30 bits per heavy atom. The molecule has 0 saturated carbocycles. The van der Waals surface area contributed by atoms with Gasteiger partial charge in [0.05, 0.1) is 27.0 Å². The van der Waals surface area contributed by atoms with E-state index in [0.29, 0.717) is 24.7 Å². The maximum atomic E-state index is 10.5. The Bertz CT molecular complexity index is 444.